The summed E-state index contributed by atoms with van der Waals surface area (Å²) in [5, 5.41) is 6.62. The van der Waals surface area contributed by atoms with Crippen molar-refractivity contribution in [3.05, 3.63) is 83.9 Å². The Morgan fingerprint density at radius 2 is 1.79 bits per heavy atom. The number of benzene rings is 3. The van der Waals surface area contributed by atoms with Crippen LogP contribution in [0.15, 0.2) is 77.9 Å². The van der Waals surface area contributed by atoms with E-state index in [0.717, 1.165) is 35.2 Å². The monoisotopic (exact) mass is 439 g/mol. The average Bonchev–Trinajstić information content (AvgIpc) is 2.84. The summed E-state index contributed by atoms with van der Waals surface area (Å²) >= 11 is 0. The first-order chi connectivity index (χ1) is 16.2. The molecule has 1 N–H and O–H groups in total. The molecule has 1 saturated heterocycles. The second-order valence-electron chi connectivity index (χ2n) is 7.89. The normalized spacial score (nSPS) is 14.0. The maximum Gasteiger partial charge on any atom is 0.325 e. The molecule has 1 aliphatic heterocycles. The molecule has 0 bridgehead atoms. The van der Waals surface area contributed by atoms with Gasteiger partial charge in [0, 0.05) is 19.2 Å². The minimum atomic E-state index is 0.266. The number of hydrazone groups is 1. The first-order valence-electron chi connectivity index (χ1n) is 11.0. The van der Waals surface area contributed by atoms with Crippen LogP contribution in [0, 0.1) is 6.92 Å². The van der Waals surface area contributed by atoms with Crippen LogP contribution in [-0.4, -0.2) is 42.5 Å². The number of rotatable bonds is 6. The van der Waals surface area contributed by atoms with Gasteiger partial charge in [0.25, 0.3) is 0 Å². The molecule has 0 unspecified atom stereocenters. The Morgan fingerprint density at radius 1 is 0.939 bits per heavy atom. The van der Waals surface area contributed by atoms with E-state index in [0.29, 0.717) is 24.8 Å². The largest absolute Gasteiger partial charge is 0.424 e. The smallest absolute Gasteiger partial charge is 0.325 e. The zero-order valence-electron chi connectivity index (χ0n) is 18.4. The van der Waals surface area contributed by atoms with E-state index < -0.39 is 0 Å². The summed E-state index contributed by atoms with van der Waals surface area (Å²) in [4.78, 5) is 11.4. The van der Waals surface area contributed by atoms with E-state index in [-0.39, 0.29) is 6.01 Å². The highest BCUT2D eigenvalue weighted by Crippen LogP contribution is 2.27. The van der Waals surface area contributed by atoms with E-state index in [1.54, 1.807) is 6.21 Å². The summed E-state index contributed by atoms with van der Waals surface area (Å²) in [7, 11) is 0. The zero-order valence-corrected chi connectivity index (χ0v) is 18.4. The van der Waals surface area contributed by atoms with Gasteiger partial charge in [-0.3, -0.25) is 5.43 Å². The fourth-order valence-corrected chi connectivity index (χ4v) is 3.73. The van der Waals surface area contributed by atoms with Gasteiger partial charge in [0.05, 0.1) is 19.4 Å². The number of aromatic nitrogens is 2. The topological polar surface area (TPSA) is 71.9 Å². The Labute approximate surface area is 192 Å². The standard InChI is InChI=1S/C26H25N5O2/c1-19-5-4-6-20(15-19)18-27-30-24-17-25(31-11-13-32-14-12-31)29-26(28-24)33-23-10-9-21-7-2-3-8-22(21)16-23/h2-10,15-18H,11-14H2,1H3,(H,28,29,30). The average molecular weight is 440 g/mol. The second-order valence-corrected chi connectivity index (χ2v) is 7.89. The van der Waals surface area contributed by atoms with Crippen LogP contribution >= 0.6 is 0 Å². The van der Waals surface area contributed by atoms with E-state index in [2.05, 4.69) is 56.6 Å². The van der Waals surface area contributed by atoms with Crippen molar-refractivity contribution in [1.29, 1.82) is 0 Å². The molecule has 1 aromatic heterocycles. The maximum absolute atomic E-state index is 6.07. The molecule has 0 spiro atoms. The summed E-state index contributed by atoms with van der Waals surface area (Å²) < 4.78 is 11.6. The van der Waals surface area contributed by atoms with Crippen LogP contribution in [0.2, 0.25) is 0 Å². The van der Waals surface area contributed by atoms with Gasteiger partial charge >= 0.3 is 6.01 Å². The van der Waals surface area contributed by atoms with Gasteiger partial charge in [-0.15, -0.1) is 0 Å². The van der Waals surface area contributed by atoms with Crippen molar-refractivity contribution in [2.75, 3.05) is 36.6 Å². The van der Waals surface area contributed by atoms with E-state index >= 15 is 0 Å². The highest BCUT2D eigenvalue weighted by atomic mass is 16.5. The molecule has 7 heteroatoms. The Balaban J connectivity index is 1.41. The van der Waals surface area contributed by atoms with Gasteiger partial charge in [0.15, 0.2) is 5.82 Å². The molecule has 1 aliphatic rings. The van der Waals surface area contributed by atoms with Crippen LogP contribution in [0.5, 0.6) is 11.8 Å². The SMILES string of the molecule is Cc1cccc(C=NNc2cc(N3CCOCC3)nc(Oc3ccc4ccccc4c3)n2)c1. The third-order valence-corrected chi connectivity index (χ3v) is 5.39. The lowest BCUT2D eigenvalue weighted by atomic mass is 10.1. The second kappa shape index (κ2) is 9.67. The Bertz CT molecular complexity index is 1280. The summed E-state index contributed by atoms with van der Waals surface area (Å²) in [5.74, 6) is 2.02. The fraction of sp³-hybridized carbons (Fsp3) is 0.192. The van der Waals surface area contributed by atoms with Gasteiger partial charge in [-0.2, -0.15) is 15.1 Å². The highest BCUT2D eigenvalue weighted by molar-refractivity contribution is 5.83. The van der Waals surface area contributed by atoms with Crippen molar-refractivity contribution in [2.24, 2.45) is 5.10 Å². The summed E-state index contributed by atoms with van der Waals surface area (Å²) in [6.45, 7) is 4.91. The Hall–Kier alpha value is -3.97. The van der Waals surface area contributed by atoms with Crippen LogP contribution in [0.25, 0.3) is 10.8 Å². The molecule has 0 saturated carbocycles. The number of nitrogens with zero attached hydrogens (tertiary/aromatic N) is 4. The van der Waals surface area contributed by atoms with Crippen LogP contribution in [0.4, 0.5) is 11.6 Å². The quantitative estimate of drug-likeness (QED) is 0.336. The van der Waals surface area contributed by atoms with Crippen molar-refractivity contribution in [3.63, 3.8) is 0 Å². The van der Waals surface area contributed by atoms with Gasteiger partial charge in [-0.25, -0.2) is 0 Å². The number of ether oxygens (including phenoxy) is 2. The van der Waals surface area contributed by atoms with Gasteiger partial charge in [-0.1, -0.05) is 60.2 Å². The molecule has 0 aliphatic carbocycles. The molecule has 0 atom stereocenters. The minimum Gasteiger partial charge on any atom is -0.424 e. The summed E-state index contributed by atoms with van der Waals surface area (Å²) in [5.41, 5.74) is 5.22. The third kappa shape index (κ3) is 5.27. The van der Waals surface area contributed by atoms with Gasteiger partial charge < -0.3 is 14.4 Å². The van der Waals surface area contributed by atoms with Crippen molar-refractivity contribution in [3.8, 4) is 11.8 Å². The summed E-state index contributed by atoms with van der Waals surface area (Å²) in [6, 6.07) is 24.4. The molecular formula is C26H25N5O2. The fourth-order valence-electron chi connectivity index (χ4n) is 3.73. The minimum absolute atomic E-state index is 0.266. The van der Waals surface area contributed by atoms with Crippen LogP contribution in [0.3, 0.4) is 0 Å². The molecular weight excluding hydrogens is 414 g/mol. The lowest BCUT2D eigenvalue weighted by molar-refractivity contribution is 0.122. The molecule has 0 amide bonds. The Morgan fingerprint density at radius 3 is 2.64 bits per heavy atom. The van der Waals surface area contributed by atoms with Crippen molar-refractivity contribution in [1.82, 2.24) is 9.97 Å². The van der Waals surface area contributed by atoms with Gasteiger partial charge in [0.1, 0.15) is 11.6 Å². The molecule has 166 valence electrons. The first-order valence-corrected chi connectivity index (χ1v) is 11.0. The number of anilines is 2. The maximum atomic E-state index is 6.07. The number of nitrogens with one attached hydrogen (secondary N) is 1. The number of hydrogen-bond donors (Lipinski definition) is 1. The predicted octanol–water partition coefficient (Wildman–Crippen LogP) is 5.01. The van der Waals surface area contributed by atoms with Crippen LogP contribution in [-0.2, 0) is 4.74 Å². The Kier molecular flexibility index (Phi) is 6.12. The van der Waals surface area contributed by atoms with E-state index in [1.165, 1.54) is 5.56 Å². The number of morpholine rings is 1. The van der Waals surface area contributed by atoms with E-state index in [4.69, 9.17) is 9.47 Å². The van der Waals surface area contributed by atoms with Crippen molar-refractivity contribution < 1.29 is 9.47 Å². The number of aryl methyl sites for hydroxylation is 1. The molecule has 2 heterocycles. The predicted molar refractivity (Wildman–Crippen MR) is 131 cm³/mol. The molecule has 1 fully saturated rings. The molecule has 4 aromatic rings. The summed E-state index contributed by atoms with van der Waals surface area (Å²) in [6.07, 6.45) is 1.77. The molecule has 0 radical (unpaired) electrons. The first kappa shape index (κ1) is 20.9. The molecule has 33 heavy (non-hydrogen) atoms. The third-order valence-electron chi connectivity index (χ3n) is 5.39. The van der Waals surface area contributed by atoms with Crippen LogP contribution < -0.4 is 15.1 Å². The van der Waals surface area contributed by atoms with E-state index in [1.807, 2.05) is 48.5 Å². The van der Waals surface area contributed by atoms with Crippen LogP contribution in [0.1, 0.15) is 11.1 Å². The van der Waals surface area contributed by atoms with Gasteiger partial charge in [0.2, 0.25) is 0 Å². The van der Waals surface area contributed by atoms with Gasteiger partial charge in [-0.05, 0) is 35.4 Å². The highest BCUT2D eigenvalue weighted by Gasteiger charge is 2.16. The molecule has 5 rings (SSSR count). The lowest BCUT2D eigenvalue weighted by Gasteiger charge is -2.28. The molecule has 3 aromatic carbocycles. The van der Waals surface area contributed by atoms with Crippen molar-refractivity contribution >= 4 is 28.6 Å². The van der Waals surface area contributed by atoms with Crippen molar-refractivity contribution in [2.45, 2.75) is 6.92 Å². The number of fused-ring (bicyclic) bond motifs is 1. The lowest BCUT2D eigenvalue weighted by Crippen LogP contribution is -2.36. The zero-order chi connectivity index (χ0) is 22.5. The number of hydrogen-bond acceptors (Lipinski definition) is 7. The molecule has 7 nitrogen and oxygen atoms in total. The van der Waals surface area contributed by atoms with E-state index in [9.17, 15) is 0 Å².